The molecular formula is C16H20Cl2N2. The molecule has 4 heteroatoms. The number of benzene rings is 1. The molecule has 0 amide bonds. The molecule has 4 rings (SSSR count). The molecule has 2 aromatic rings. The maximum atomic E-state index is 4.65. The van der Waals surface area contributed by atoms with Crippen LogP contribution in [0.2, 0.25) is 0 Å². The molecule has 1 aromatic carbocycles. The van der Waals surface area contributed by atoms with E-state index in [1.165, 1.54) is 49.7 Å². The van der Waals surface area contributed by atoms with Gasteiger partial charge in [0.1, 0.15) is 0 Å². The molecule has 0 spiro atoms. The van der Waals surface area contributed by atoms with Gasteiger partial charge in [-0.05, 0) is 56.5 Å². The van der Waals surface area contributed by atoms with E-state index in [0.717, 1.165) is 5.52 Å². The van der Waals surface area contributed by atoms with Crippen LogP contribution < -0.4 is 0 Å². The molecule has 108 valence electrons. The third-order valence-corrected chi connectivity index (χ3v) is 4.77. The Morgan fingerprint density at radius 2 is 1.70 bits per heavy atom. The second-order valence-electron chi connectivity index (χ2n) is 5.64. The molecule has 2 aliphatic heterocycles. The van der Waals surface area contributed by atoms with E-state index in [2.05, 4.69) is 46.4 Å². The molecule has 0 saturated carbocycles. The summed E-state index contributed by atoms with van der Waals surface area (Å²) in [6.07, 6.45) is 7.42. The predicted molar refractivity (Wildman–Crippen MR) is 88.0 cm³/mol. The number of hydrogen-bond acceptors (Lipinski definition) is 2. The highest BCUT2D eigenvalue weighted by Crippen LogP contribution is 2.46. The van der Waals surface area contributed by atoms with Crippen LogP contribution >= 0.6 is 24.8 Å². The smallest absolute Gasteiger partial charge is 0.0702 e. The number of nitrogens with zero attached hydrogens (tertiary/aromatic N) is 2. The van der Waals surface area contributed by atoms with E-state index in [-0.39, 0.29) is 24.8 Å². The van der Waals surface area contributed by atoms with Crippen LogP contribution in [0.1, 0.15) is 31.2 Å². The van der Waals surface area contributed by atoms with Gasteiger partial charge >= 0.3 is 0 Å². The number of pyridine rings is 1. The van der Waals surface area contributed by atoms with Gasteiger partial charge in [-0.2, -0.15) is 0 Å². The van der Waals surface area contributed by atoms with Gasteiger partial charge in [0.2, 0.25) is 0 Å². The number of aromatic nitrogens is 1. The van der Waals surface area contributed by atoms with Gasteiger partial charge in [-0.3, -0.25) is 9.88 Å². The molecular weight excluding hydrogens is 291 g/mol. The summed E-state index contributed by atoms with van der Waals surface area (Å²) in [5.41, 5.74) is 2.87. The Kier molecular flexibility index (Phi) is 4.58. The summed E-state index contributed by atoms with van der Waals surface area (Å²) in [5, 5.41) is 1.28. The molecule has 3 heterocycles. The number of rotatable bonds is 1. The molecule has 0 unspecified atom stereocenters. The van der Waals surface area contributed by atoms with Gasteiger partial charge in [0, 0.05) is 17.1 Å². The van der Waals surface area contributed by atoms with Crippen molar-refractivity contribution in [2.24, 2.45) is 0 Å². The van der Waals surface area contributed by atoms with Gasteiger partial charge in [0.25, 0.3) is 0 Å². The van der Waals surface area contributed by atoms with Crippen molar-refractivity contribution in [2.75, 3.05) is 13.1 Å². The summed E-state index contributed by atoms with van der Waals surface area (Å²) >= 11 is 0. The third kappa shape index (κ3) is 2.20. The fourth-order valence-corrected chi connectivity index (χ4v) is 3.90. The Bertz CT molecular complexity index is 590. The molecule has 0 aliphatic carbocycles. The summed E-state index contributed by atoms with van der Waals surface area (Å²) in [5.74, 6) is 0. The van der Waals surface area contributed by atoms with Crippen molar-refractivity contribution in [2.45, 2.75) is 31.2 Å². The first kappa shape index (κ1) is 15.6. The normalized spacial score (nSPS) is 20.2. The standard InChI is InChI=1S/C16H18N2.2ClH/c1-2-6-15-13(5-1)11-14(12-17-15)16-7-3-9-18(16)10-4-8-16;;/h1-2,5-6,11-12H,3-4,7-10H2;2*1H. The Hall–Kier alpha value is -0.830. The number of para-hydroxylation sites is 1. The molecule has 0 N–H and O–H groups in total. The van der Waals surface area contributed by atoms with E-state index >= 15 is 0 Å². The van der Waals surface area contributed by atoms with Crippen LogP contribution in [-0.4, -0.2) is 23.0 Å². The van der Waals surface area contributed by atoms with Gasteiger partial charge in [0.15, 0.2) is 0 Å². The topological polar surface area (TPSA) is 16.1 Å². The zero-order chi connectivity index (χ0) is 12.0. The van der Waals surface area contributed by atoms with Crippen LogP contribution in [0.25, 0.3) is 10.9 Å². The lowest BCUT2D eigenvalue weighted by molar-refractivity contribution is 0.197. The quantitative estimate of drug-likeness (QED) is 0.786. The van der Waals surface area contributed by atoms with Crippen LogP contribution in [0.5, 0.6) is 0 Å². The summed E-state index contributed by atoms with van der Waals surface area (Å²) in [4.78, 5) is 7.33. The lowest BCUT2D eigenvalue weighted by Crippen LogP contribution is -2.35. The molecule has 1 aromatic heterocycles. The number of fused-ring (bicyclic) bond motifs is 2. The van der Waals surface area contributed by atoms with Crippen molar-refractivity contribution in [1.29, 1.82) is 0 Å². The molecule has 2 fully saturated rings. The van der Waals surface area contributed by atoms with E-state index in [9.17, 15) is 0 Å². The molecule has 2 nitrogen and oxygen atoms in total. The average molecular weight is 311 g/mol. The van der Waals surface area contributed by atoms with E-state index in [1.807, 2.05) is 0 Å². The Labute approximate surface area is 132 Å². The molecule has 20 heavy (non-hydrogen) atoms. The van der Waals surface area contributed by atoms with Gasteiger partial charge < -0.3 is 0 Å². The fourth-order valence-electron chi connectivity index (χ4n) is 3.90. The summed E-state index contributed by atoms with van der Waals surface area (Å²) < 4.78 is 0. The van der Waals surface area contributed by atoms with E-state index in [1.54, 1.807) is 0 Å². The molecule has 0 atom stereocenters. The Balaban J connectivity index is 0.000000735. The molecule has 2 aliphatic rings. The minimum atomic E-state index is 0. The Morgan fingerprint density at radius 1 is 1.00 bits per heavy atom. The van der Waals surface area contributed by atoms with Gasteiger partial charge in [-0.25, -0.2) is 0 Å². The second-order valence-corrected chi connectivity index (χ2v) is 5.64. The first-order valence-corrected chi connectivity index (χ1v) is 6.99. The van der Waals surface area contributed by atoms with Crippen molar-refractivity contribution in [3.8, 4) is 0 Å². The van der Waals surface area contributed by atoms with E-state index in [0.29, 0.717) is 5.54 Å². The van der Waals surface area contributed by atoms with Crippen LogP contribution in [0, 0.1) is 0 Å². The van der Waals surface area contributed by atoms with Crippen molar-refractivity contribution >= 4 is 35.7 Å². The van der Waals surface area contributed by atoms with Gasteiger partial charge in [-0.15, -0.1) is 24.8 Å². The Morgan fingerprint density at radius 3 is 2.45 bits per heavy atom. The van der Waals surface area contributed by atoms with Crippen LogP contribution in [0.3, 0.4) is 0 Å². The largest absolute Gasteiger partial charge is 0.294 e. The first-order chi connectivity index (χ1) is 8.88. The lowest BCUT2D eigenvalue weighted by atomic mass is 9.86. The van der Waals surface area contributed by atoms with Gasteiger partial charge in [-0.1, -0.05) is 18.2 Å². The van der Waals surface area contributed by atoms with Gasteiger partial charge in [0.05, 0.1) is 5.52 Å². The maximum absolute atomic E-state index is 4.65. The minimum absolute atomic E-state index is 0. The van der Waals surface area contributed by atoms with Crippen LogP contribution in [0.15, 0.2) is 36.5 Å². The highest BCUT2D eigenvalue weighted by molar-refractivity contribution is 5.85. The monoisotopic (exact) mass is 310 g/mol. The van der Waals surface area contributed by atoms with Crippen LogP contribution in [0.4, 0.5) is 0 Å². The minimum Gasteiger partial charge on any atom is -0.294 e. The summed E-state index contributed by atoms with van der Waals surface area (Å²) in [6.45, 7) is 2.54. The summed E-state index contributed by atoms with van der Waals surface area (Å²) in [6, 6.07) is 10.8. The van der Waals surface area contributed by atoms with E-state index < -0.39 is 0 Å². The molecule has 0 radical (unpaired) electrons. The predicted octanol–water partition coefficient (Wildman–Crippen LogP) is 4.16. The van der Waals surface area contributed by atoms with Crippen molar-refractivity contribution in [1.82, 2.24) is 9.88 Å². The average Bonchev–Trinajstić information content (AvgIpc) is 2.98. The maximum Gasteiger partial charge on any atom is 0.0702 e. The zero-order valence-corrected chi connectivity index (χ0v) is 13.1. The zero-order valence-electron chi connectivity index (χ0n) is 11.4. The van der Waals surface area contributed by atoms with E-state index in [4.69, 9.17) is 0 Å². The second kappa shape index (κ2) is 5.88. The lowest BCUT2D eigenvalue weighted by Gasteiger charge is -2.32. The summed E-state index contributed by atoms with van der Waals surface area (Å²) in [7, 11) is 0. The SMILES string of the molecule is Cl.Cl.c1ccc2ncc(C34CCCN3CCC4)cc2c1. The first-order valence-electron chi connectivity index (χ1n) is 6.99. The molecule has 2 saturated heterocycles. The highest BCUT2D eigenvalue weighted by atomic mass is 35.5. The third-order valence-electron chi connectivity index (χ3n) is 4.77. The number of hydrogen-bond donors (Lipinski definition) is 0. The number of halogens is 2. The van der Waals surface area contributed by atoms with Crippen LogP contribution in [-0.2, 0) is 5.54 Å². The van der Waals surface area contributed by atoms with Crippen molar-refractivity contribution < 1.29 is 0 Å². The fraction of sp³-hybridized carbons (Fsp3) is 0.438. The van der Waals surface area contributed by atoms with Crippen molar-refractivity contribution in [3.63, 3.8) is 0 Å². The molecule has 0 bridgehead atoms. The van der Waals surface area contributed by atoms with Crippen molar-refractivity contribution in [3.05, 3.63) is 42.1 Å². The highest BCUT2D eigenvalue weighted by Gasteiger charge is 2.45.